The minimum atomic E-state index is 0.0555. The first-order valence-corrected chi connectivity index (χ1v) is 6.37. The third-order valence-electron chi connectivity index (χ3n) is 3.16. The molecule has 1 aliphatic rings. The third kappa shape index (κ3) is 2.98. The van der Waals surface area contributed by atoms with Gasteiger partial charge in [0.15, 0.2) is 0 Å². The summed E-state index contributed by atoms with van der Waals surface area (Å²) in [6.07, 6.45) is 4.21. The van der Waals surface area contributed by atoms with Gasteiger partial charge in [0.2, 0.25) is 0 Å². The Kier molecular flexibility index (Phi) is 4.15. The predicted molar refractivity (Wildman–Crippen MR) is 72.1 cm³/mol. The number of pyridine rings is 1. The molecule has 1 aromatic heterocycles. The topological polar surface area (TPSA) is 75.2 Å². The lowest BCUT2D eigenvalue weighted by Crippen LogP contribution is -2.40. The molecule has 2 heterocycles. The van der Waals surface area contributed by atoms with Crippen LogP contribution in [0.25, 0.3) is 0 Å². The maximum atomic E-state index is 7.34. The largest absolute Gasteiger partial charge is 0.384 e. The lowest BCUT2D eigenvalue weighted by Gasteiger charge is -2.33. The Bertz CT molecular complexity index is 402. The van der Waals surface area contributed by atoms with Gasteiger partial charge in [-0.3, -0.25) is 5.41 Å². The third-order valence-corrected chi connectivity index (χ3v) is 3.16. The van der Waals surface area contributed by atoms with Crippen LogP contribution in [0.1, 0.15) is 25.3 Å². The number of aromatic nitrogens is 1. The lowest BCUT2D eigenvalue weighted by atomic mass is 10.1. The number of nitrogen functional groups attached to an aromatic ring is 1. The van der Waals surface area contributed by atoms with Gasteiger partial charge in [0.1, 0.15) is 11.7 Å². The van der Waals surface area contributed by atoms with Crippen molar-refractivity contribution in [2.45, 2.75) is 25.9 Å². The molecule has 1 unspecified atom stereocenters. The highest BCUT2D eigenvalue weighted by Crippen LogP contribution is 2.19. The van der Waals surface area contributed by atoms with E-state index in [9.17, 15) is 0 Å². The minimum absolute atomic E-state index is 0.0555. The van der Waals surface area contributed by atoms with Gasteiger partial charge in [-0.25, -0.2) is 4.98 Å². The summed E-state index contributed by atoms with van der Waals surface area (Å²) in [6, 6.07) is 3.76. The molecule has 1 aromatic rings. The van der Waals surface area contributed by atoms with Gasteiger partial charge in [-0.15, -0.1) is 0 Å². The van der Waals surface area contributed by atoms with Gasteiger partial charge in [0, 0.05) is 31.5 Å². The van der Waals surface area contributed by atoms with E-state index < -0.39 is 0 Å². The van der Waals surface area contributed by atoms with Gasteiger partial charge < -0.3 is 15.4 Å². The van der Waals surface area contributed by atoms with Crippen LogP contribution in [0.3, 0.4) is 0 Å². The van der Waals surface area contributed by atoms with Crippen molar-refractivity contribution in [1.82, 2.24) is 4.98 Å². The van der Waals surface area contributed by atoms with Gasteiger partial charge in [-0.2, -0.15) is 0 Å². The quantitative estimate of drug-likeness (QED) is 0.623. The second-order valence-corrected chi connectivity index (χ2v) is 4.48. The molecule has 0 bridgehead atoms. The summed E-state index contributed by atoms with van der Waals surface area (Å²) >= 11 is 0. The molecule has 1 saturated heterocycles. The number of nitrogens with one attached hydrogen (secondary N) is 1. The van der Waals surface area contributed by atoms with Gasteiger partial charge in [-0.05, 0) is 31.9 Å². The van der Waals surface area contributed by atoms with Crippen molar-refractivity contribution in [2.24, 2.45) is 5.73 Å². The fourth-order valence-corrected chi connectivity index (χ4v) is 2.25. The van der Waals surface area contributed by atoms with Gasteiger partial charge >= 0.3 is 0 Å². The van der Waals surface area contributed by atoms with Crippen molar-refractivity contribution in [2.75, 3.05) is 24.6 Å². The monoisotopic (exact) mass is 248 g/mol. The van der Waals surface area contributed by atoms with Crippen molar-refractivity contribution in [1.29, 1.82) is 5.41 Å². The summed E-state index contributed by atoms with van der Waals surface area (Å²) in [5, 5.41) is 7.34. The van der Waals surface area contributed by atoms with Crippen molar-refractivity contribution >= 4 is 11.7 Å². The zero-order valence-electron chi connectivity index (χ0n) is 10.7. The zero-order valence-corrected chi connectivity index (χ0v) is 10.7. The maximum absolute atomic E-state index is 7.34. The van der Waals surface area contributed by atoms with Crippen molar-refractivity contribution in [3.8, 4) is 0 Å². The van der Waals surface area contributed by atoms with Gasteiger partial charge in [0.05, 0.1) is 6.10 Å². The highest BCUT2D eigenvalue weighted by atomic mass is 16.5. The van der Waals surface area contributed by atoms with Gasteiger partial charge in [-0.1, -0.05) is 0 Å². The van der Waals surface area contributed by atoms with E-state index in [-0.39, 0.29) is 5.84 Å². The summed E-state index contributed by atoms with van der Waals surface area (Å²) in [5.41, 5.74) is 6.08. The number of hydrogen-bond acceptors (Lipinski definition) is 4. The molecular weight excluding hydrogens is 228 g/mol. The number of amidine groups is 1. The molecule has 0 saturated carbocycles. The number of nitrogens with two attached hydrogens (primary N) is 1. The molecule has 2 rings (SSSR count). The molecule has 1 atom stereocenters. The van der Waals surface area contributed by atoms with Crippen LogP contribution >= 0.6 is 0 Å². The fourth-order valence-electron chi connectivity index (χ4n) is 2.25. The van der Waals surface area contributed by atoms with E-state index in [1.807, 2.05) is 19.1 Å². The highest BCUT2D eigenvalue weighted by Gasteiger charge is 2.20. The summed E-state index contributed by atoms with van der Waals surface area (Å²) in [6.45, 7) is 4.68. The fraction of sp³-hybridized carbons (Fsp3) is 0.538. The molecule has 98 valence electrons. The van der Waals surface area contributed by atoms with Crippen LogP contribution in [0.5, 0.6) is 0 Å². The zero-order chi connectivity index (χ0) is 13.0. The number of hydrogen-bond donors (Lipinski definition) is 2. The van der Waals surface area contributed by atoms with Crippen molar-refractivity contribution in [3.05, 3.63) is 23.9 Å². The molecule has 0 aromatic carbocycles. The molecule has 0 radical (unpaired) electrons. The first-order chi connectivity index (χ1) is 8.70. The molecule has 1 fully saturated rings. The van der Waals surface area contributed by atoms with Crippen LogP contribution in [-0.4, -0.2) is 36.6 Å². The molecular formula is C13H20N4O. The van der Waals surface area contributed by atoms with Crippen molar-refractivity contribution < 1.29 is 4.74 Å². The molecule has 0 spiro atoms. The van der Waals surface area contributed by atoms with E-state index in [0.29, 0.717) is 11.7 Å². The van der Waals surface area contributed by atoms with Crippen LogP contribution in [0.4, 0.5) is 5.82 Å². The number of ether oxygens (including phenoxy) is 1. The Morgan fingerprint density at radius 3 is 3.06 bits per heavy atom. The Morgan fingerprint density at radius 1 is 1.61 bits per heavy atom. The molecule has 0 aliphatic carbocycles. The standard InChI is InChI=1S/C13H20N4O/c1-2-18-11-4-3-7-17(9-11)12-6-5-10(8-16-12)13(14)15/h5-6,8,11H,2-4,7,9H2,1H3,(H3,14,15). The molecule has 1 aliphatic heterocycles. The smallest absolute Gasteiger partial charge is 0.128 e. The number of anilines is 1. The summed E-state index contributed by atoms with van der Waals surface area (Å²) in [7, 11) is 0. The maximum Gasteiger partial charge on any atom is 0.128 e. The molecule has 5 nitrogen and oxygen atoms in total. The van der Waals surface area contributed by atoms with E-state index >= 15 is 0 Å². The predicted octanol–water partition coefficient (Wildman–Crippen LogP) is 1.37. The second-order valence-electron chi connectivity index (χ2n) is 4.48. The lowest BCUT2D eigenvalue weighted by molar-refractivity contribution is 0.0525. The first kappa shape index (κ1) is 12.8. The molecule has 18 heavy (non-hydrogen) atoms. The summed E-state index contributed by atoms with van der Waals surface area (Å²) < 4.78 is 5.67. The molecule has 5 heteroatoms. The van der Waals surface area contributed by atoms with Crippen molar-refractivity contribution in [3.63, 3.8) is 0 Å². The van der Waals surface area contributed by atoms with Crippen LogP contribution in [-0.2, 0) is 4.74 Å². The average Bonchev–Trinajstić information content (AvgIpc) is 2.39. The Labute approximate surface area is 107 Å². The van der Waals surface area contributed by atoms with E-state index in [0.717, 1.165) is 38.4 Å². The van der Waals surface area contributed by atoms with E-state index in [1.165, 1.54) is 0 Å². The summed E-state index contributed by atoms with van der Waals surface area (Å²) in [4.78, 5) is 6.60. The summed E-state index contributed by atoms with van der Waals surface area (Å²) in [5.74, 6) is 0.990. The van der Waals surface area contributed by atoms with Gasteiger partial charge in [0.25, 0.3) is 0 Å². The first-order valence-electron chi connectivity index (χ1n) is 6.37. The Morgan fingerprint density at radius 2 is 2.44 bits per heavy atom. The van der Waals surface area contributed by atoms with E-state index in [4.69, 9.17) is 15.9 Å². The number of nitrogens with zero attached hydrogens (tertiary/aromatic N) is 2. The van der Waals surface area contributed by atoms with E-state index in [2.05, 4.69) is 9.88 Å². The van der Waals surface area contributed by atoms with Crippen LogP contribution in [0.15, 0.2) is 18.3 Å². The minimum Gasteiger partial charge on any atom is -0.384 e. The van der Waals surface area contributed by atoms with Crippen LogP contribution in [0.2, 0.25) is 0 Å². The number of rotatable bonds is 4. The second kappa shape index (κ2) is 5.82. The van der Waals surface area contributed by atoms with E-state index in [1.54, 1.807) is 6.20 Å². The Hall–Kier alpha value is -1.62. The highest BCUT2D eigenvalue weighted by molar-refractivity contribution is 5.94. The Balaban J connectivity index is 2.04. The SMILES string of the molecule is CCOC1CCCN(c2ccc(C(=N)N)cn2)C1. The number of piperidine rings is 1. The van der Waals surface area contributed by atoms with Crippen LogP contribution < -0.4 is 10.6 Å². The average molecular weight is 248 g/mol. The molecule has 3 N–H and O–H groups in total. The van der Waals surface area contributed by atoms with Crippen LogP contribution in [0, 0.1) is 5.41 Å². The molecule has 0 amide bonds. The normalized spacial score (nSPS) is 19.8.